The molecule has 0 aromatic heterocycles. The summed E-state index contributed by atoms with van der Waals surface area (Å²) in [4.78, 5) is 63.3. The van der Waals surface area contributed by atoms with Gasteiger partial charge in [-0.1, -0.05) is 88.4 Å². The summed E-state index contributed by atoms with van der Waals surface area (Å²) >= 11 is 0. The van der Waals surface area contributed by atoms with Crippen molar-refractivity contribution in [3.05, 3.63) is 71.8 Å². The zero-order valence-electron chi connectivity index (χ0n) is 25.6. The number of rotatable bonds is 16. The van der Waals surface area contributed by atoms with E-state index in [4.69, 9.17) is 9.47 Å². The number of nitrogens with one attached hydrogen (secondary N) is 4. The van der Waals surface area contributed by atoms with Crippen molar-refractivity contribution in [2.45, 2.75) is 78.8 Å². The predicted molar refractivity (Wildman–Crippen MR) is 162 cm³/mol. The van der Waals surface area contributed by atoms with Gasteiger partial charge in [-0.2, -0.15) is 0 Å². The van der Waals surface area contributed by atoms with E-state index in [1.807, 2.05) is 88.4 Å². The number of alkyl carbamates (subject to hydrolysis) is 2. The lowest BCUT2D eigenvalue weighted by molar-refractivity contribution is -0.130. The van der Waals surface area contributed by atoms with Crippen molar-refractivity contribution >= 4 is 29.8 Å². The van der Waals surface area contributed by atoms with Gasteiger partial charge in [0.1, 0.15) is 25.3 Å². The van der Waals surface area contributed by atoms with Crippen LogP contribution in [0.3, 0.4) is 0 Å². The van der Waals surface area contributed by atoms with Crippen LogP contribution in [0.4, 0.5) is 9.59 Å². The third-order valence-corrected chi connectivity index (χ3v) is 6.34. The van der Waals surface area contributed by atoms with E-state index in [9.17, 15) is 24.0 Å². The van der Waals surface area contributed by atoms with Gasteiger partial charge in [0.05, 0.1) is 12.6 Å². The van der Waals surface area contributed by atoms with Gasteiger partial charge in [-0.25, -0.2) is 9.59 Å². The van der Waals surface area contributed by atoms with E-state index in [1.54, 1.807) is 0 Å². The van der Waals surface area contributed by atoms with Gasteiger partial charge in [0.2, 0.25) is 11.8 Å². The Labute approximate surface area is 253 Å². The highest BCUT2D eigenvalue weighted by molar-refractivity contribution is 5.95. The zero-order chi connectivity index (χ0) is 31.8. The van der Waals surface area contributed by atoms with Crippen LogP contribution < -0.4 is 21.3 Å². The number of amides is 4. The lowest BCUT2D eigenvalue weighted by atomic mass is 10.0. The summed E-state index contributed by atoms with van der Waals surface area (Å²) in [5.41, 5.74) is 1.61. The second-order valence-corrected chi connectivity index (χ2v) is 11.2. The van der Waals surface area contributed by atoms with Crippen LogP contribution in [0.5, 0.6) is 0 Å². The van der Waals surface area contributed by atoms with Crippen LogP contribution in [0.15, 0.2) is 60.7 Å². The quantitative estimate of drug-likeness (QED) is 0.230. The fourth-order valence-electron chi connectivity index (χ4n) is 4.06. The molecule has 4 N–H and O–H groups in total. The van der Waals surface area contributed by atoms with Crippen molar-refractivity contribution < 1.29 is 33.4 Å². The van der Waals surface area contributed by atoms with E-state index in [-0.39, 0.29) is 31.6 Å². The van der Waals surface area contributed by atoms with Crippen LogP contribution in [-0.2, 0) is 37.1 Å². The second kappa shape index (κ2) is 18.2. The first-order valence-corrected chi connectivity index (χ1v) is 14.5. The summed E-state index contributed by atoms with van der Waals surface area (Å²) in [6.45, 7) is 8.85. The van der Waals surface area contributed by atoms with Gasteiger partial charge in [-0.05, 0) is 42.7 Å². The molecule has 11 heteroatoms. The second-order valence-electron chi connectivity index (χ2n) is 11.2. The first-order valence-electron chi connectivity index (χ1n) is 14.5. The molecule has 0 saturated heterocycles. The Morgan fingerprint density at radius 1 is 0.605 bits per heavy atom. The molecule has 0 aliphatic carbocycles. The monoisotopic (exact) mass is 596 g/mol. The average Bonchev–Trinajstić information content (AvgIpc) is 2.97. The van der Waals surface area contributed by atoms with Crippen molar-refractivity contribution in [3.8, 4) is 0 Å². The maximum atomic E-state index is 13.0. The summed E-state index contributed by atoms with van der Waals surface area (Å²) in [5, 5.41) is 10.3. The zero-order valence-corrected chi connectivity index (χ0v) is 25.6. The van der Waals surface area contributed by atoms with E-state index >= 15 is 0 Å². The number of carbonyl (C=O) groups is 5. The molecule has 0 bridgehead atoms. The van der Waals surface area contributed by atoms with E-state index in [1.165, 1.54) is 6.92 Å². The first-order chi connectivity index (χ1) is 20.4. The number of ether oxygens (including phenoxy) is 2. The first kappa shape index (κ1) is 34.8. The summed E-state index contributed by atoms with van der Waals surface area (Å²) in [5.74, 6) is -1.40. The number of hydrogen-bond donors (Lipinski definition) is 4. The molecule has 0 heterocycles. The van der Waals surface area contributed by atoms with Crippen molar-refractivity contribution in [3.63, 3.8) is 0 Å². The van der Waals surface area contributed by atoms with Gasteiger partial charge in [0.25, 0.3) is 0 Å². The van der Waals surface area contributed by atoms with Gasteiger partial charge in [-0.15, -0.1) is 0 Å². The van der Waals surface area contributed by atoms with Gasteiger partial charge in [-0.3, -0.25) is 14.4 Å². The Morgan fingerprint density at radius 3 is 1.44 bits per heavy atom. The molecule has 0 spiro atoms. The molecule has 2 aromatic rings. The Bertz CT molecular complexity index is 1190. The van der Waals surface area contributed by atoms with E-state index in [0.29, 0.717) is 12.8 Å². The lowest BCUT2D eigenvalue weighted by Crippen LogP contribution is -2.53. The topological polar surface area (TPSA) is 152 Å². The fraction of sp³-hybridized carbons (Fsp3) is 0.469. The minimum absolute atomic E-state index is 0.0503. The van der Waals surface area contributed by atoms with Crippen LogP contribution in [0.1, 0.15) is 58.6 Å². The summed E-state index contributed by atoms with van der Waals surface area (Å²) in [6.07, 6.45) is -0.841. The predicted octanol–water partition coefficient (Wildman–Crippen LogP) is 3.86. The van der Waals surface area contributed by atoms with Crippen molar-refractivity contribution in [2.24, 2.45) is 11.8 Å². The van der Waals surface area contributed by atoms with E-state index < -0.39 is 47.9 Å². The molecule has 0 aliphatic heterocycles. The van der Waals surface area contributed by atoms with Crippen molar-refractivity contribution in [1.29, 1.82) is 0 Å². The molecule has 4 amide bonds. The molecule has 43 heavy (non-hydrogen) atoms. The average molecular weight is 597 g/mol. The van der Waals surface area contributed by atoms with Crippen LogP contribution in [0, 0.1) is 11.8 Å². The smallest absolute Gasteiger partial charge is 0.408 e. The number of carbonyl (C=O) groups excluding carboxylic acids is 5. The molecule has 2 rings (SSSR count). The Hall–Kier alpha value is -4.41. The Kier molecular flexibility index (Phi) is 14.7. The number of hydrogen-bond acceptors (Lipinski definition) is 7. The van der Waals surface area contributed by atoms with Crippen LogP contribution in [-0.4, -0.2) is 54.5 Å². The Balaban J connectivity index is 1.87. The number of ketones is 1. The molecule has 0 fully saturated rings. The normalized spacial score (nSPS) is 12.9. The van der Waals surface area contributed by atoms with Crippen LogP contribution in [0.25, 0.3) is 0 Å². The number of Topliss-reactive ketones (excluding diaryl/α,β-unsaturated/α-hetero) is 1. The SMILES string of the molecule is CC(C)C[C@H](NC(=O)OCc1ccccc1)C(=O)NCC(=O)[C@H](C)NC(=O)[C@H](CC(C)C)NC(=O)OCc1ccccc1. The molecule has 2 aromatic carbocycles. The van der Waals surface area contributed by atoms with E-state index in [0.717, 1.165) is 11.1 Å². The molecular formula is C32H44N4O7. The molecule has 3 atom stereocenters. The van der Waals surface area contributed by atoms with E-state index in [2.05, 4.69) is 21.3 Å². The summed E-state index contributed by atoms with van der Waals surface area (Å²) < 4.78 is 10.5. The van der Waals surface area contributed by atoms with Gasteiger partial charge < -0.3 is 30.7 Å². The molecule has 0 unspecified atom stereocenters. The standard InChI is InChI=1S/C32H44N4O7/c1-21(2)16-26(35-31(40)42-19-24-12-8-6-9-13-24)29(38)33-18-28(37)23(5)34-30(39)27(17-22(3)4)36-32(41)43-20-25-14-10-7-11-15-25/h6-15,21-23,26-27H,16-20H2,1-5H3,(H,33,38)(H,34,39)(H,35,40)(H,36,41)/t23-,26-,27-/m0/s1. The third-order valence-electron chi connectivity index (χ3n) is 6.34. The van der Waals surface area contributed by atoms with Gasteiger partial charge in [0, 0.05) is 0 Å². The summed E-state index contributed by atoms with van der Waals surface area (Å²) in [7, 11) is 0. The molecule has 234 valence electrons. The maximum absolute atomic E-state index is 13.0. The minimum atomic E-state index is -0.947. The Morgan fingerprint density at radius 2 is 1.02 bits per heavy atom. The summed E-state index contributed by atoms with van der Waals surface area (Å²) in [6, 6.07) is 15.5. The maximum Gasteiger partial charge on any atom is 0.408 e. The highest BCUT2D eigenvalue weighted by Gasteiger charge is 2.27. The third kappa shape index (κ3) is 13.9. The number of benzene rings is 2. The van der Waals surface area contributed by atoms with Crippen molar-refractivity contribution in [1.82, 2.24) is 21.3 Å². The fourth-order valence-corrected chi connectivity index (χ4v) is 4.06. The highest BCUT2D eigenvalue weighted by atomic mass is 16.6. The molecule has 0 aliphatic rings. The highest BCUT2D eigenvalue weighted by Crippen LogP contribution is 2.09. The van der Waals surface area contributed by atoms with Crippen LogP contribution >= 0.6 is 0 Å². The molecule has 0 radical (unpaired) electrons. The van der Waals surface area contributed by atoms with Crippen LogP contribution in [0.2, 0.25) is 0 Å². The molecular weight excluding hydrogens is 552 g/mol. The molecule has 0 saturated carbocycles. The van der Waals surface area contributed by atoms with Gasteiger partial charge in [0.15, 0.2) is 5.78 Å². The lowest BCUT2D eigenvalue weighted by Gasteiger charge is -2.23. The largest absolute Gasteiger partial charge is 0.445 e. The molecule has 11 nitrogen and oxygen atoms in total. The minimum Gasteiger partial charge on any atom is -0.445 e. The van der Waals surface area contributed by atoms with Gasteiger partial charge >= 0.3 is 12.2 Å². The van der Waals surface area contributed by atoms with Crippen molar-refractivity contribution in [2.75, 3.05) is 6.54 Å².